The summed E-state index contributed by atoms with van der Waals surface area (Å²) in [5.41, 5.74) is 2.43. The van der Waals surface area contributed by atoms with Gasteiger partial charge in [-0.15, -0.1) is 0 Å². The van der Waals surface area contributed by atoms with E-state index in [9.17, 15) is 14.0 Å². The Morgan fingerprint density at radius 2 is 1.83 bits per heavy atom. The molecule has 0 bridgehead atoms. The van der Waals surface area contributed by atoms with E-state index in [0.717, 1.165) is 5.56 Å². The molecule has 0 radical (unpaired) electrons. The van der Waals surface area contributed by atoms with Gasteiger partial charge in [0, 0.05) is 31.0 Å². The van der Waals surface area contributed by atoms with E-state index in [2.05, 4.69) is 20.6 Å². The van der Waals surface area contributed by atoms with Crippen LogP contribution in [-0.2, 0) is 6.54 Å². The molecule has 4 aromatic rings. The number of hydrogen-bond acceptors (Lipinski definition) is 5. The molecule has 2 aromatic heterocycles. The lowest BCUT2D eigenvalue weighted by Crippen LogP contribution is -2.47. The first-order chi connectivity index (χ1) is 17.1. The Bertz CT molecular complexity index is 1400. The zero-order valence-electron chi connectivity index (χ0n) is 19.0. The minimum absolute atomic E-state index is 0.0616. The second-order valence-electron chi connectivity index (χ2n) is 8.53. The second-order valence-corrected chi connectivity index (χ2v) is 8.53. The smallest absolute Gasteiger partial charge is 0.319 e. The number of urea groups is 1. The number of carbonyl (C=O) groups is 1. The number of pyridine rings is 1. The van der Waals surface area contributed by atoms with E-state index in [-0.39, 0.29) is 17.6 Å². The quantitative estimate of drug-likeness (QED) is 0.461. The summed E-state index contributed by atoms with van der Waals surface area (Å²) in [5, 5.41) is 5.59. The van der Waals surface area contributed by atoms with E-state index in [1.54, 1.807) is 22.9 Å². The van der Waals surface area contributed by atoms with Gasteiger partial charge in [-0.25, -0.2) is 19.2 Å². The highest BCUT2D eigenvalue weighted by Gasteiger charge is 2.25. The number of aromatic nitrogens is 3. The summed E-state index contributed by atoms with van der Waals surface area (Å²) in [5.74, 6) is -0.0174. The molecule has 1 fully saturated rings. The largest absolute Gasteiger partial charge is 0.352 e. The fourth-order valence-corrected chi connectivity index (χ4v) is 4.34. The standard InChI is InChI=1S/C26H25FN6O2/c27-19-8-4-9-21(16-19)30-26(35)29-20-11-14-32(15-12-20)24-25(34)33(17-18-6-2-1-3-7-18)23-22(31-24)10-5-13-28-23/h1-10,13,16,20H,11-12,14-15,17H2,(H2,29,30,35). The SMILES string of the molecule is O=C(Nc1cccc(F)c1)NC1CCN(c2nc3cccnc3n(Cc3ccccc3)c2=O)CC1. The third-order valence-corrected chi connectivity index (χ3v) is 6.08. The van der Waals surface area contributed by atoms with E-state index in [1.165, 1.54) is 12.1 Å². The van der Waals surface area contributed by atoms with Crippen LogP contribution in [0.2, 0.25) is 0 Å². The summed E-state index contributed by atoms with van der Waals surface area (Å²) in [6, 6.07) is 18.8. The van der Waals surface area contributed by atoms with Crippen LogP contribution in [0.4, 0.5) is 20.7 Å². The highest BCUT2D eigenvalue weighted by atomic mass is 19.1. The Labute approximate surface area is 201 Å². The Kier molecular flexibility index (Phi) is 6.38. The lowest BCUT2D eigenvalue weighted by Gasteiger charge is -2.33. The molecule has 5 rings (SSSR count). The number of nitrogens with one attached hydrogen (secondary N) is 2. The molecular formula is C26H25FN6O2. The molecular weight excluding hydrogens is 447 g/mol. The minimum atomic E-state index is -0.410. The van der Waals surface area contributed by atoms with Crippen LogP contribution in [0, 0.1) is 5.82 Å². The van der Waals surface area contributed by atoms with Crippen molar-refractivity contribution in [2.75, 3.05) is 23.3 Å². The number of fused-ring (bicyclic) bond motifs is 1. The van der Waals surface area contributed by atoms with Crippen LogP contribution in [0.3, 0.4) is 0 Å². The molecule has 1 saturated heterocycles. The summed E-state index contributed by atoms with van der Waals surface area (Å²) in [4.78, 5) is 36.8. The molecule has 0 atom stereocenters. The molecule has 1 aliphatic heterocycles. The maximum absolute atomic E-state index is 13.5. The lowest BCUT2D eigenvalue weighted by atomic mass is 10.1. The normalized spacial score (nSPS) is 14.1. The second kappa shape index (κ2) is 9.92. The first-order valence-electron chi connectivity index (χ1n) is 11.5. The molecule has 0 aliphatic carbocycles. The number of hydrogen-bond donors (Lipinski definition) is 2. The molecule has 2 aromatic carbocycles. The highest BCUT2D eigenvalue weighted by Crippen LogP contribution is 2.19. The van der Waals surface area contributed by atoms with Gasteiger partial charge < -0.3 is 15.5 Å². The minimum Gasteiger partial charge on any atom is -0.352 e. The first-order valence-corrected chi connectivity index (χ1v) is 11.5. The van der Waals surface area contributed by atoms with E-state index in [1.807, 2.05) is 47.4 Å². The van der Waals surface area contributed by atoms with Gasteiger partial charge in [0.05, 0.1) is 6.54 Å². The number of benzene rings is 2. The van der Waals surface area contributed by atoms with E-state index in [4.69, 9.17) is 0 Å². The molecule has 2 N–H and O–H groups in total. The number of halogens is 1. The van der Waals surface area contributed by atoms with Crippen molar-refractivity contribution < 1.29 is 9.18 Å². The van der Waals surface area contributed by atoms with Gasteiger partial charge in [-0.05, 0) is 48.7 Å². The first kappa shape index (κ1) is 22.5. The molecule has 35 heavy (non-hydrogen) atoms. The van der Waals surface area contributed by atoms with Gasteiger partial charge in [-0.1, -0.05) is 36.4 Å². The summed E-state index contributed by atoms with van der Waals surface area (Å²) >= 11 is 0. The van der Waals surface area contributed by atoms with Crippen LogP contribution in [0.1, 0.15) is 18.4 Å². The van der Waals surface area contributed by atoms with Crippen molar-refractivity contribution in [3.8, 4) is 0 Å². The summed E-state index contributed by atoms with van der Waals surface area (Å²) in [7, 11) is 0. The van der Waals surface area contributed by atoms with Gasteiger partial charge in [0.1, 0.15) is 11.3 Å². The molecule has 9 heteroatoms. The Morgan fingerprint density at radius 1 is 1.03 bits per heavy atom. The van der Waals surface area contributed by atoms with Crippen LogP contribution < -0.4 is 21.1 Å². The summed E-state index contributed by atoms with van der Waals surface area (Å²) < 4.78 is 15.0. The van der Waals surface area contributed by atoms with Crippen molar-refractivity contribution in [2.45, 2.75) is 25.4 Å². The third-order valence-electron chi connectivity index (χ3n) is 6.08. The van der Waals surface area contributed by atoms with Gasteiger partial charge >= 0.3 is 6.03 Å². The molecule has 2 amide bonds. The van der Waals surface area contributed by atoms with Crippen LogP contribution in [0.25, 0.3) is 11.2 Å². The van der Waals surface area contributed by atoms with E-state index in [0.29, 0.717) is 55.1 Å². The Hall–Kier alpha value is -4.27. The van der Waals surface area contributed by atoms with Crippen LogP contribution >= 0.6 is 0 Å². The van der Waals surface area contributed by atoms with Crippen molar-refractivity contribution in [3.05, 3.63) is 94.7 Å². The number of rotatable bonds is 5. The van der Waals surface area contributed by atoms with Gasteiger partial charge in [-0.2, -0.15) is 0 Å². The van der Waals surface area contributed by atoms with Gasteiger partial charge in [0.15, 0.2) is 11.5 Å². The van der Waals surface area contributed by atoms with Gasteiger partial charge in [-0.3, -0.25) is 9.36 Å². The Morgan fingerprint density at radius 3 is 2.60 bits per heavy atom. The van der Waals surface area contributed by atoms with Crippen molar-refractivity contribution in [2.24, 2.45) is 0 Å². The van der Waals surface area contributed by atoms with Crippen molar-refractivity contribution in [3.63, 3.8) is 0 Å². The van der Waals surface area contributed by atoms with E-state index >= 15 is 0 Å². The lowest BCUT2D eigenvalue weighted by molar-refractivity contribution is 0.246. The summed E-state index contributed by atoms with van der Waals surface area (Å²) in [6.45, 7) is 1.55. The Balaban J connectivity index is 1.30. The fraction of sp³-hybridized carbons (Fsp3) is 0.231. The number of anilines is 2. The molecule has 3 heterocycles. The average Bonchev–Trinajstić information content (AvgIpc) is 2.87. The number of carbonyl (C=O) groups excluding carboxylic acids is 1. The molecule has 1 aliphatic rings. The zero-order chi connectivity index (χ0) is 24.2. The predicted molar refractivity (Wildman–Crippen MR) is 133 cm³/mol. The van der Waals surface area contributed by atoms with Crippen molar-refractivity contribution >= 4 is 28.7 Å². The van der Waals surface area contributed by atoms with Crippen LogP contribution in [0.5, 0.6) is 0 Å². The number of nitrogens with zero attached hydrogens (tertiary/aromatic N) is 4. The van der Waals surface area contributed by atoms with Crippen molar-refractivity contribution in [1.82, 2.24) is 19.9 Å². The molecule has 178 valence electrons. The van der Waals surface area contributed by atoms with E-state index < -0.39 is 5.82 Å². The number of piperidine rings is 1. The third kappa shape index (κ3) is 5.13. The monoisotopic (exact) mass is 472 g/mol. The zero-order valence-corrected chi connectivity index (χ0v) is 19.0. The molecule has 8 nitrogen and oxygen atoms in total. The molecule has 0 spiro atoms. The maximum Gasteiger partial charge on any atom is 0.319 e. The van der Waals surface area contributed by atoms with Crippen LogP contribution in [0.15, 0.2) is 77.7 Å². The number of amides is 2. The topological polar surface area (TPSA) is 92.2 Å². The van der Waals surface area contributed by atoms with Crippen LogP contribution in [-0.4, -0.2) is 39.7 Å². The highest BCUT2D eigenvalue weighted by molar-refractivity contribution is 5.89. The molecule has 0 saturated carbocycles. The molecule has 0 unspecified atom stereocenters. The summed E-state index contributed by atoms with van der Waals surface area (Å²) in [6.07, 6.45) is 2.97. The van der Waals surface area contributed by atoms with Gasteiger partial charge in [0.25, 0.3) is 5.56 Å². The predicted octanol–water partition coefficient (Wildman–Crippen LogP) is 3.77. The van der Waals surface area contributed by atoms with Crippen molar-refractivity contribution in [1.29, 1.82) is 0 Å². The van der Waals surface area contributed by atoms with Gasteiger partial charge in [0.2, 0.25) is 0 Å². The fourth-order valence-electron chi connectivity index (χ4n) is 4.34. The maximum atomic E-state index is 13.5. The average molecular weight is 473 g/mol.